The van der Waals surface area contributed by atoms with Crippen molar-refractivity contribution in [3.05, 3.63) is 132 Å². The maximum atomic E-state index is 4.95. The third kappa shape index (κ3) is 6.47. The first-order chi connectivity index (χ1) is 22.7. The van der Waals surface area contributed by atoms with Gasteiger partial charge < -0.3 is 9.97 Å². The Labute approximate surface area is 304 Å². The molecule has 0 saturated heterocycles. The zero-order chi connectivity index (χ0) is 34.0. The number of rotatable bonds is 1. The van der Waals surface area contributed by atoms with Gasteiger partial charge in [-0.25, -0.2) is 0 Å². The van der Waals surface area contributed by atoms with Gasteiger partial charge in [-0.1, -0.05) is 122 Å². The van der Waals surface area contributed by atoms with Crippen LogP contribution in [0, 0.1) is 12.1 Å². The van der Waals surface area contributed by atoms with Gasteiger partial charge in [-0.2, -0.15) is 0 Å². The molecule has 1 radical (unpaired) electrons. The summed E-state index contributed by atoms with van der Waals surface area (Å²) in [6.45, 7) is 20.0. The van der Waals surface area contributed by atoms with E-state index in [0.29, 0.717) is 0 Å². The van der Waals surface area contributed by atoms with Crippen LogP contribution in [-0.4, -0.2) is 9.97 Å². The predicted molar refractivity (Wildman–Crippen MR) is 206 cm³/mol. The Hall–Kier alpha value is -4.17. The molecule has 0 aliphatic rings. The van der Waals surface area contributed by atoms with E-state index in [-0.39, 0.29) is 36.4 Å². The van der Waals surface area contributed by atoms with Crippen molar-refractivity contribution in [3.63, 3.8) is 0 Å². The fraction of sp³-hybridized carbons (Fsp3) is 0.261. The first-order valence-electron chi connectivity index (χ1n) is 17.0. The molecule has 0 aliphatic heterocycles. The second kappa shape index (κ2) is 12.6. The first-order valence-corrected chi connectivity index (χ1v) is 17.0. The summed E-state index contributed by atoms with van der Waals surface area (Å²) in [6.07, 6.45) is 4.01. The van der Waals surface area contributed by atoms with Crippen molar-refractivity contribution >= 4 is 54.0 Å². The molecule has 0 fully saturated rings. The van der Waals surface area contributed by atoms with Gasteiger partial charge in [-0.15, -0.1) is 64.4 Å². The minimum Gasteiger partial charge on any atom is -0.304 e. The van der Waals surface area contributed by atoms with Gasteiger partial charge in [-0.05, 0) is 77.0 Å². The largest absolute Gasteiger partial charge is 0.304 e. The molecule has 0 bridgehead atoms. The summed E-state index contributed by atoms with van der Waals surface area (Å²) < 4.78 is 0. The molecule has 2 nitrogen and oxygen atoms in total. The van der Waals surface area contributed by atoms with Crippen LogP contribution in [0.15, 0.2) is 103 Å². The molecule has 0 amide bonds. The Morgan fingerprint density at radius 1 is 0.510 bits per heavy atom. The van der Waals surface area contributed by atoms with Gasteiger partial charge in [0, 0.05) is 32.5 Å². The molecule has 2 heterocycles. The number of fused-ring (bicyclic) bond motifs is 5. The smallest absolute Gasteiger partial charge is 0.0198 e. The zero-order valence-electron chi connectivity index (χ0n) is 30.0. The molecule has 0 unspecified atom stereocenters. The van der Waals surface area contributed by atoms with Crippen molar-refractivity contribution in [1.29, 1.82) is 0 Å². The van der Waals surface area contributed by atoms with Crippen LogP contribution < -0.4 is 0 Å². The molecular formula is C46H44IrN2-2. The molecule has 0 saturated carbocycles. The average molecular weight is 817 g/mol. The van der Waals surface area contributed by atoms with Gasteiger partial charge in [0.25, 0.3) is 0 Å². The predicted octanol–water partition coefficient (Wildman–Crippen LogP) is 12.5. The Morgan fingerprint density at radius 3 is 1.86 bits per heavy atom. The summed E-state index contributed by atoms with van der Waals surface area (Å²) in [7, 11) is 0. The third-order valence-corrected chi connectivity index (χ3v) is 9.66. The van der Waals surface area contributed by atoms with E-state index in [1.165, 1.54) is 59.8 Å². The average Bonchev–Trinajstić information content (AvgIpc) is 3.06. The van der Waals surface area contributed by atoms with E-state index in [4.69, 9.17) is 4.98 Å². The van der Waals surface area contributed by atoms with Crippen LogP contribution in [0.2, 0.25) is 0 Å². The molecule has 3 heteroatoms. The molecule has 0 N–H and O–H groups in total. The van der Waals surface area contributed by atoms with Crippen molar-refractivity contribution in [3.8, 4) is 11.3 Å². The Balaban J connectivity index is 0.000000177. The fourth-order valence-electron chi connectivity index (χ4n) is 6.64. The van der Waals surface area contributed by atoms with Crippen LogP contribution in [-0.2, 0) is 36.4 Å². The molecule has 2 aromatic heterocycles. The zero-order valence-corrected chi connectivity index (χ0v) is 32.4. The summed E-state index contributed by atoms with van der Waals surface area (Å²) in [5.74, 6) is 0. The van der Waals surface area contributed by atoms with Crippen LogP contribution in [0.4, 0.5) is 0 Å². The first kappa shape index (κ1) is 34.7. The maximum Gasteiger partial charge on any atom is 0.0198 e. The topological polar surface area (TPSA) is 25.8 Å². The molecule has 8 rings (SSSR count). The van der Waals surface area contributed by atoms with Crippen LogP contribution in [0.1, 0.15) is 79.0 Å². The maximum absolute atomic E-state index is 4.95. The quantitative estimate of drug-likeness (QED) is 0.0937. The SMILES string of the molecule is CC(C)(C)c1c[c-]c(-c2ccc(C(C)(C)C)cn2)cc1.CC(C)(C)c1cnc2c3[c-]ccc4ccc5c6ccccc6cc(c2c1)c5c43.[Ir]. The minimum atomic E-state index is 0. The van der Waals surface area contributed by atoms with Gasteiger partial charge in [0.2, 0.25) is 0 Å². The van der Waals surface area contributed by atoms with Gasteiger partial charge in [0.1, 0.15) is 0 Å². The summed E-state index contributed by atoms with van der Waals surface area (Å²) in [4.78, 5) is 9.52. The second-order valence-corrected chi connectivity index (χ2v) is 16.2. The summed E-state index contributed by atoms with van der Waals surface area (Å²) in [6, 6.07) is 39.5. The number of benzene rings is 6. The Bertz CT molecular complexity index is 2360. The van der Waals surface area contributed by atoms with Crippen molar-refractivity contribution < 1.29 is 20.1 Å². The van der Waals surface area contributed by atoms with E-state index in [1.54, 1.807) is 0 Å². The molecule has 249 valence electrons. The van der Waals surface area contributed by atoms with Crippen LogP contribution in [0.5, 0.6) is 0 Å². The fourth-order valence-corrected chi connectivity index (χ4v) is 6.64. The van der Waals surface area contributed by atoms with Crippen molar-refractivity contribution in [2.45, 2.75) is 78.6 Å². The molecule has 49 heavy (non-hydrogen) atoms. The second-order valence-electron chi connectivity index (χ2n) is 16.2. The van der Waals surface area contributed by atoms with Crippen LogP contribution >= 0.6 is 0 Å². The minimum absolute atomic E-state index is 0. The summed E-state index contributed by atoms with van der Waals surface area (Å²) in [5, 5.41) is 11.4. The number of pyridine rings is 2. The third-order valence-electron chi connectivity index (χ3n) is 9.66. The Morgan fingerprint density at radius 2 is 1.20 bits per heavy atom. The Kier molecular flexibility index (Phi) is 8.93. The molecule has 8 aromatic rings. The van der Waals surface area contributed by atoms with E-state index >= 15 is 0 Å². The summed E-state index contributed by atoms with van der Waals surface area (Å²) in [5.41, 5.74) is 7.28. The van der Waals surface area contributed by atoms with Gasteiger partial charge in [-0.3, -0.25) is 0 Å². The van der Waals surface area contributed by atoms with Crippen molar-refractivity contribution in [1.82, 2.24) is 9.97 Å². The normalized spacial score (nSPS) is 12.4. The van der Waals surface area contributed by atoms with E-state index in [2.05, 4.69) is 164 Å². The number of aromatic nitrogens is 2. The molecular weight excluding hydrogens is 773 g/mol. The van der Waals surface area contributed by atoms with Gasteiger partial charge >= 0.3 is 0 Å². The van der Waals surface area contributed by atoms with Crippen LogP contribution in [0.25, 0.3) is 65.3 Å². The monoisotopic (exact) mass is 817 g/mol. The number of nitrogens with zero attached hydrogens (tertiary/aromatic N) is 2. The molecule has 0 atom stereocenters. The molecule has 6 aromatic carbocycles. The standard InChI is InChI=1S/C27H20N.C19H24N.Ir/c1-27(2,3)18-14-23-22-13-17-7-4-5-9-19(17)20-12-11-16-8-6-10-21(24(16)25(20)22)26(23)28-15-18;1-18(2,3)15-9-7-14(8-10-15)17-12-11-16(13-20-17)19(4,5)6;/h4-9,11-15H,1-3H3;7,9-13H,1-6H3;/q2*-1;. The number of hydrogen-bond donors (Lipinski definition) is 0. The molecule has 0 aliphatic carbocycles. The van der Waals surface area contributed by atoms with Gasteiger partial charge in [0.15, 0.2) is 0 Å². The van der Waals surface area contributed by atoms with E-state index in [9.17, 15) is 0 Å². The van der Waals surface area contributed by atoms with E-state index in [0.717, 1.165) is 22.2 Å². The van der Waals surface area contributed by atoms with E-state index < -0.39 is 0 Å². The van der Waals surface area contributed by atoms with Crippen LogP contribution in [0.3, 0.4) is 0 Å². The van der Waals surface area contributed by atoms with E-state index in [1.807, 2.05) is 18.5 Å². The molecule has 0 spiro atoms. The van der Waals surface area contributed by atoms with Crippen molar-refractivity contribution in [2.24, 2.45) is 0 Å². The summed E-state index contributed by atoms with van der Waals surface area (Å²) >= 11 is 0. The van der Waals surface area contributed by atoms with Crippen molar-refractivity contribution in [2.75, 3.05) is 0 Å². The van der Waals surface area contributed by atoms with Gasteiger partial charge in [0.05, 0.1) is 0 Å². The number of hydrogen-bond acceptors (Lipinski definition) is 2.